The van der Waals surface area contributed by atoms with Gasteiger partial charge in [-0.1, -0.05) is 6.42 Å². The highest BCUT2D eigenvalue weighted by Gasteiger charge is 2.20. The lowest BCUT2D eigenvalue weighted by atomic mass is 10.0. The molecule has 4 heteroatoms. The molecule has 2 unspecified atom stereocenters. The van der Waals surface area contributed by atoms with E-state index >= 15 is 0 Å². The summed E-state index contributed by atoms with van der Waals surface area (Å²) >= 11 is 0. The van der Waals surface area contributed by atoms with Gasteiger partial charge in [-0.3, -0.25) is 4.79 Å². The fourth-order valence-electron chi connectivity index (χ4n) is 1.43. The van der Waals surface area contributed by atoms with Crippen molar-refractivity contribution in [3.05, 3.63) is 0 Å². The Hall–Kier alpha value is -0.900. The summed E-state index contributed by atoms with van der Waals surface area (Å²) in [5.41, 5.74) is 0. The molecule has 2 atom stereocenters. The highest BCUT2D eigenvalue weighted by atomic mass is 16.2. The largest absolute Gasteiger partial charge is 0.346 e. The predicted molar refractivity (Wildman–Crippen MR) is 49.3 cm³/mol. The standard InChI is InChI=1S/C9H16N2O2/c1-7(6-12)11-9(13)8-4-2-3-5-10-8/h6-8,10H,2-5H2,1H3,(H,11,13). The maximum absolute atomic E-state index is 11.4. The molecule has 1 amide bonds. The minimum absolute atomic E-state index is 0.0562. The summed E-state index contributed by atoms with van der Waals surface area (Å²) in [5.74, 6) is -0.0562. The van der Waals surface area contributed by atoms with Gasteiger partial charge in [0.1, 0.15) is 6.29 Å². The Kier molecular flexibility index (Phi) is 3.89. The lowest BCUT2D eigenvalue weighted by Gasteiger charge is -2.23. The van der Waals surface area contributed by atoms with Crippen LogP contribution in [0.2, 0.25) is 0 Å². The number of carbonyl (C=O) groups excluding carboxylic acids is 2. The van der Waals surface area contributed by atoms with E-state index in [1.54, 1.807) is 6.92 Å². The Balaban J connectivity index is 2.32. The van der Waals surface area contributed by atoms with Crippen LogP contribution in [0.15, 0.2) is 0 Å². The Labute approximate surface area is 78.1 Å². The second kappa shape index (κ2) is 4.97. The summed E-state index contributed by atoms with van der Waals surface area (Å²) in [7, 11) is 0. The van der Waals surface area contributed by atoms with E-state index in [-0.39, 0.29) is 18.0 Å². The fourth-order valence-corrected chi connectivity index (χ4v) is 1.43. The quantitative estimate of drug-likeness (QED) is 0.599. The van der Waals surface area contributed by atoms with Crippen LogP contribution < -0.4 is 10.6 Å². The number of piperidine rings is 1. The normalized spacial score (nSPS) is 24.8. The van der Waals surface area contributed by atoms with Gasteiger partial charge in [0.15, 0.2) is 0 Å². The van der Waals surface area contributed by atoms with Crippen molar-refractivity contribution in [3.8, 4) is 0 Å². The van der Waals surface area contributed by atoms with Crippen LogP contribution in [0.25, 0.3) is 0 Å². The molecule has 0 spiro atoms. The molecule has 1 rings (SSSR count). The molecule has 0 aromatic carbocycles. The Bertz CT molecular complexity index is 188. The van der Waals surface area contributed by atoms with E-state index in [1.807, 2.05) is 0 Å². The second-order valence-corrected chi connectivity index (χ2v) is 3.44. The topological polar surface area (TPSA) is 58.2 Å². The number of hydrogen-bond donors (Lipinski definition) is 2. The predicted octanol–water partition coefficient (Wildman–Crippen LogP) is -0.168. The molecule has 1 saturated heterocycles. The summed E-state index contributed by atoms with van der Waals surface area (Å²) in [5, 5.41) is 5.75. The molecule has 1 aliphatic rings. The fraction of sp³-hybridized carbons (Fsp3) is 0.778. The highest BCUT2D eigenvalue weighted by Crippen LogP contribution is 2.06. The zero-order valence-electron chi connectivity index (χ0n) is 7.88. The number of nitrogens with one attached hydrogen (secondary N) is 2. The minimum atomic E-state index is -0.378. The van der Waals surface area contributed by atoms with E-state index in [0.29, 0.717) is 0 Å². The minimum Gasteiger partial charge on any atom is -0.346 e. The van der Waals surface area contributed by atoms with Crippen LogP contribution in [-0.2, 0) is 9.59 Å². The molecule has 13 heavy (non-hydrogen) atoms. The summed E-state index contributed by atoms with van der Waals surface area (Å²) in [6.45, 7) is 2.57. The van der Waals surface area contributed by atoms with E-state index in [0.717, 1.165) is 32.1 Å². The molecule has 0 bridgehead atoms. The first-order valence-corrected chi connectivity index (χ1v) is 4.73. The van der Waals surface area contributed by atoms with Crippen LogP contribution in [0, 0.1) is 0 Å². The summed E-state index contributed by atoms with van der Waals surface area (Å²) in [4.78, 5) is 21.7. The molecule has 1 heterocycles. The third kappa shape index (κ3) is 3.14. The monoisotopic (exact) mass is 184 g/mol. The molecule has 74 valence electrons. The van der Waals surface area contributed by atoms with Gasteiger partial charge in [0.05, 0.1) is 12.1 Å². The molecule has 0 saturated carbocycles. The van der Waals surface area contributed by atoms with Crippen LogP contribution in [-0.4, -0.2) is 30.8 Å². The van der Waals surface area contributed by atoms with Crippen LogP contribution >= 0.6 is 0 Å². The van der Waals surface area contributed by atoms with E-state index in [4.69, 9.17) is 0 Å². The van der Waals surface area contributed by atoms with Crippen molar-refractivity contribution >= 4 is 12.2 Å². The average molecular weight is 184 g/mol. The third-order valence-corrected chi connectivity index (χ3v) is 2.20. The zero-order valence-corrected chi connectivity index (χ0v) is 7.88. The van der Waals surface area contributed by atoms with Gasteiger partial charge < -0.3 is 15.4 Å². The molecule has 0 aromatic heterocycles. The van der Waals surface area contributed by atoms with Crippen molar-refractivity contribution in [2.45, 2.75) is 38.3 Å². The van der Waals surface area contributed by atoms with Crippen LogP contribution in [0.4, 0.5) is 0 Å². The van der Waals surface area contributed by atoms with Gasteiger partial charge in [-0.15, -0.1) is 0 Å². The maximum Gasteiger partial charge on any atom is 0.237 e. The van der Waals surface area contributed by atoms with Crippen molar-refractivity contribution in [1.29, 1.82) is 0 Å². The van der Waals surface area contributed by atoms with Crippen LogP contribution in [0.5, 0.6) is 0 Å². The summed E-state index contributed by atoms with van der Waals surface area (Å²) < 4.78 is 0. The first-order chi connectivity index (χ1) is 6.24. The van der Waals surface area contributed by atoms with Crippen LogP contribution in [0.1, 0.15) is 26.2 Å². The number of rotatable bonds is 3. The second-order valence-electron chi connectivity index (χ2n) is 3.44. The molecule has 0 aromatic rings. The summed E-state index contributed by atoms with van der Waals surface area (Å²) in [6, 6.07) is -0.479. The van der Waals surface area contributed by atoms with Gasteiger partial charge >= 0.3 is 0 Å². The zero-order chi connectivity index (χ0) is 9.68. The molecule has 2 N–H and O–H groups in total. The van der Waals surface area contributed by atoms with E-state index in [2.05, 4.69) is 10.6 Å². The number of aldehydes is 1. The molecular weight excluding hydrogens is 168 g/mol. The van der Waals surface area contributed by atoms with E-state index in [1.165, 1.54) is 0 Å². The number of carbonyl (C=O) groups is 2. The SMILES string of the molecule is CC(C=O)NC(=O)C1CCCCN1. The molecular formula is C9H16N2O2. The molecule has 1 aliphatic heterocycles. The van der Waals surface area contributed by atoms with Crippen molar-refractivity contribution in [2.24, 2.45) is 0 Å². The Morgan fingerprint density at radius 3 is 2.92 bits per heavy atom. The lowest BCUT2D eigenvalue weighted by molar-refractivity contribution is -0.126. The number of amides is 1. The van der Waals surface area contributed by atoms with Crippen molar-refractivity contribution < 1.29 is 9.59 Å². The van der Waals surface area contributed by atoms with Gasteiger partial charge in [0.25, 0.3) is 0 Å². The molecule has 1 fully saturated rings. The smallest absolute Gasteiger partial charge is 0.237 e. The number of hydrogen-bond acceptors (Lipinski definition) is 3. The van der Waals surface area contributed by atoms with Gasteiger partial charge in [-0.2, -0.15) is 0 Å². The van der Waals surface area contributed by atoms with Crippen molar-refractivity contribution in [3.63, 3.8) is 0 Å². The first-order valence-electron chi connectivity index (χ1n) is 4.73. The molecule has 4 nitrogen and oxygen atoms in total. The van der Waals surface area contributed by atoms with Crippen molar-refractivity contribution in [1.82, 2.24) is 10.6 Å². The Morgan fingerprint density at radius 2 is 2.38 bits per heavy atom. The highest BCUT2D eigenvalue weighted by molar-refractivity contribution is 5.84. The summed E-state index contributed by atoms with van der Waals surface area (Å²) in [6.07, 6.45) is 3.83. The Morgan fingerprint density at radius 1 is 1.62 bits per heavy atom. The van der Waals surface area contributed by atoms with Gasteiger partial charge in [-0.05, 0) is 26.3 Å². The van der Waals surface area contributed by atoms with Gasteiger partial charge in [0.2, 0.25) is 5.91 Å². The van der Waals surface area contributed by atoms with E-state index in [9.17, 15) is 9.59 Å². The third-order valence-electron chi connectivity index (χ3n) is 2.20. The van der Waals surface area contributed by atoms with Crippen molar-refractivity contribution in [2.75, 3.05) is 6.54 Å². The maximum atomic E-state index is 11.4. The molecule has 0 radical (unpaired) electrons. The van der Waals surface area contributed by atoms with Crippen LogP contribution in [0.3, 0.4) is 0 Å². The van der Waals surface area contributed by atoms with E-state index < -0.39 is 0 Å². The average Bonchev–Trinajstić information content (AvgIpc) is 2.19. The van der Waals surface area contributed by atoms with Gasteiger partial charge in [-0.25, -0.2) is 0 Å². The van der Waals surface area contributed by atoms with Gasteiger partial charge in [0, 0.05) is 0 Å². The molecule has 0 aliphatic carbocycles. The lowest BCUT2D eigenvalue weighted by Crippen LogP contribution is -2.49. The first kappa shape index (κ1) is 10.2.